The molecule has 0 bridgehead atoms. The Morgan fingerprint density at radius 2 is 2.09 bits per heavy atom. The van der Waals surface area contributed by atoms with Crippen LogP contribution in [-0.2, 0) is 0 Å². The summed E-state index contributed by atoms with van der Waals surface area (Å²) in [7, 11) is 0. The molecule has 1 heterocycles. The van der Waals surface area contributed by atoms with Crippen molar-refractivity contribution in [3.63, 3.8) is 0 Å². The Balaban J connectivity index is 2.12. The highest BCUT2D eigenvalue weighted by molar-refractivity contribution is 7.99. The van der Waals surface area contributed by atoms with E-state index in [0.717, 1.165) is 30.2 Å². The number of nitrogens with zero attached hydrogens (tertiary/aromatic N) is 1. The van der Waals surface area contributed by atoms with Gasteiger partial charge in [0, 0.05) is 42.4 Å². The first kappa shape index (κ1) is 16.4. The lowest BCUT2D eigenvalue weighted by molar-refractivity contribution is 0.0771. The van der Waals surface area contributed by atoms with Crippen LogP contribution >= 0.6 is 11.8 Å². The molecule has 2 rings (SSSR count). The predicted molar refractivity (Wildman–Crippen MR) is 91.6 cm³/mol. The molecular weight excluding hydrogens is 298 g/mol. The van der Waals surface area contributed by atoms with Crippen molar-refractivity contribution in [2.24, 2.45) is 0 Å². The van der Waals surface area contributed by atoms with Gasteiger partial charge in [-0.25, -0.2) is 4.79 Å². The Morgan fingerprint density at radius 1 is 1.36 bits per heavy atom. The fourth-order valence-corrected chi connectivity index (χ4v) is 3.17. The van der Waals surface area contributed by atoms with E-state index in [1.54, 1.807) is 18.2 Å². The zero-order chi connectivity index (χ0) is 15.9. The van der Waals surface area contributed by atoms with Gasteiger partial charge < -0.3 is 15.5 Å². The van der Waals surface area contributed by atoms with Gasteiger partial charge in [0.1, 0.15) is 0 Å². The van der Waals surface area contributed by atoms with Crippen LogP contribution in [0.5, 0.6) is 0 Å². The van der Waals surface area contributed by atoms with Crippen molar-refractivity contribution in [2.75, 3.05) is 36.5 Å². The van der Waals surface area contributed by atoms with Crippen molar-refractivity contribution >= 4 is 29.4 Å². The standard InChI is InChI=1S/C16H21N3O2S/c1-3-7-17-16(21)18-14-6-4-5-13(12(14)2)15(20)19-8-10-22-11-9-19/h3-6H,1,7-11H2,2H3,(H2,17,18,21). The van der Waals surface area contributed by atoms with Gasteiger partial charge in [0.25, 0.3) is 5.91 Å². The van der Waals surface area contributed by atoms with E-state index in [4.69, 9.17) is 0 Å². The number of thioether (sulfide) groups is 1. The second-order valence-electron chi connectivity index (χ2n) is 5.01. The summed E-state index contributed by atoms with van der Waals surface area (Å²) < 4.78 is 0. The number of hydrogen-bond acceptors (Lipinski definition) is 3. The van der Waals surface area contributed by atoms with Crippen LogP contribution in [0.2, 0.25) is 0 Å². The van der Waals surface area contributed by atoms with Gasteiger partial charge in [-0.3, -0.25) is 4.79 Å². The SMILES string of the molecule is C=CCNC(=O)Nc1cccc(C(=O)N2CCSCC2)c1C. The number of carbonyl (C=O) groups excluding carboxylic acids is 2. The quantitative estimate of drug-likeness (QED) is 0.838. The highest BCUT2D eigenvalue weighted by Gasteiger charge is 2.21. The topological polar surface area (TPSA) is 61.4 Å². The lowest BCUT2D eigenvalue weighted by atomic mass is 10.1. The third kappa shape index (κ3) is 4.04. The third-order valence-electron chi connectivity index (χ3n) is 3.52. The molecule has 5 nitrogen and oxygen atoms in total. The number of amides is 3. The zero-order valence-corrected chi connectivity index (χ0v) is 13.5. The molecule has 1 aromatic carbocycles. The molecule has 118 valence electrons. The second-order valence-corrected chi connectivity index (χ2v) is 6.23. The molecule has 1 fully saturated rings. The van der Waals surface area contributed by atoms with E-state index < -0.39 is 0 Å². The lowest BCUT2D eigenvalue weighted by Gasteiger charge is -2.27. The van der Waals surface area contributed by atoms with Crippen LogP contribution in [0.25, 0.3) is 0 Å². The summed E-state index contributed by atoms with van der Waals surface area (Å²) in [6, 6.07) is 5.10. The normalized spacial score (nSPS) is 14.3. The number of anilines is 1. The molecule has 0 saturated carbocycles. The first-order chi connectivity index (χ1) is 10.6. The van der Waals surface area contributed by atoms with Gasteiger partial charge in [0.15, 0.2) is 0 Å². The van der Waals surface area contributed by atoms with E-state index >= 15 is 0 Å². The average Bonchev–Trinajstić information content (AvgIpc) is 2.55. The minimum atomic E-state index is -0.304. The molecular formula is C16H21N3O2S. The fraction of sp³-hybridized carbons (Fsp3) is 0.375. The Morgan fingerprint density at radius 3 is 2.77 bits per heavy atom. The number of nitrogens with one attached hydrogen (secondary N) is 2. The highest BCUT2D eigenvalue weighted by atomic mass is 32.2. The van der Waals surface area contributed by atoms with Gasteiger partial charge in [0.2, 0.25) is 0 Å². The predicted octanol–water partition coefficient (Wildman–Crippen LogP) is 2.49. The molecule has 1 saturated heterocycles. The van der Waals surface area contributed by atoms with Crippen molar-refractivity contribution in [2.45, 2.75) is 6.92 Å². The van der Waals surface area contributed by atoms with Crippen molar-refractivity contribution < 1.29 is 9.59 Å². The van der Waals surface area contributed by atoms with Gasteiger partial charge in [-0.05, 0) is 24.6 Å². The maximum atomic E-state index is 12.6. The number of rotatable bonds is 4. The number of hydrogen-bond donors (Lipinski definition) is 2. The van der Waals surface area contributed by atoms with E-state index in [9.17, 15) is 9.59 Å². The number of benzene rings is 1. The summed E-state index contributed by atoms with van der Waals surface area (Å²) in [4.78, 5) is 26.2. The molecule has 0 spiro atoms. The Kier molecular flexibility index (Phi) is 5.89. The number of carbonyl (C=O) groups is 2. The van der Waals surface area contributed by atoms with Crippen LogP contribution in [0.1, 0.15) is 15.9 Å². The van der Waals surface area contributed by atoms with Crippen LogP contribution in [-0.4, -0.2) is 48.0 Å². The van der Waals surface area contributed by atoms with Gasteiger partial charge in [-0.2, -0.15) is 11.8 Å². The Bertz CT molecular complexity index is 569. The van der Waals surface area contributed by atoms with Gasteiger partial charge in [0.05, 0.1) is 0 Å². The largest absolute Gasteiger partial charge is 0.337 e. The summed E-state index contributed by atoms with van der Waals surface area (Å²) in [5.41, 5.74) is 2.09. The monoisotopic (exact) mass is 319 g/mol. The highest BCUT2D eigenvalue weighted by Crippen LogP contribution is 2.21. The van der Waals surface area contributed by atoms with Crippen molar-refractivity contribution in [3.8, 4) is 0 Å². The fourth-order valence-electron chi connectivity index (χ4n) is 2.27. The minimum Gasteiger partial charge on any atom is -0.337 e. The van der Waals surface area contributed by atoms with Crippen LogP contribution in [0.15, 0.2) is 30.9 Å². The molecule has 1 aliphatic heterocycles. The summed E-state index contributed by atoms with van der Waals surface area (Å²) in [5.74, 6) is 1.99. The maximum absolute atomic E-state index is 12.6. The molecule has 22 heavy (non-hydrogen) atoms. The van der Waals surface area contributed by atoms with Gasteiger partial charge in [-0.1, -0.05) is 12.1 Å². The van der Waals surface area contributed by atoms with E-state index in [1.165, 1.54) is 0 Å². The molecule has 0 atom stereocenters. The molecule has 1 aliphatic rings. The third-order valence-corrected chi connectivity index (χ3v) is 4.46. The van der Waals surface area contributed by atoms with Crippen molar-refractivity contribution in [1.29, 1.82) is 0 Å². The minimum absolute atomic E-state index is 0.0351. The Hall–Kier alpha value is -1.95. The molecule has 6 heteroatoms. The maximum Gasteiger partial charge on any atom is 0.319 e. The van der Waals surface area contributed by atoms with E-state index in [0.29, 0.717) is 17.8 Å². The first-order valence-corrected chi connectivity index (χ1v) is 8.41. The lowest BCUT2D eigenvalue weighted by Crippen LogP contribution is -2.38. The second kappa shape index (κ2) is 7.89. The van der Waals surface area contributed by atoms with Crippen LogP contribution in [0.3, 0.4) is 0 Å². The van der Waals surface area contributed by atoms with E-state index in [-0.39, 0.29) is 11.9 Å². The molecule has 0 aromatic heterocycles. The number of urea groups is 1. The molecule has 0 unspecified atom stereocenters. The Labute approximate surface area is 135 Å². The summed E-state index contributed by atoms with van der Waals surface area (Å²) >= 11 is 1.87. The van der Waals surface area contributed by atoms with Crippen molar-refractivity contribution in [1.82, 2.24) is 10.2 Å². The molecule has 2 N–H and O–H groups in total. The average molecular weight is 319 g/mol. The molecule has 3 amide bonds. The first-order valence-electron chi connectivity index (χ1n) is 7.26. The molecule has 0 radical (unpaired) electrons. The smallest absolute Gasteiger partial charge is 0.319 e. The van der Waals surface area contributed by atoms with Gasteiger partial charge >= 0.3 is 6.03 Å². The van der Waals surface area contributed by atoms with E-state index in [1.807, 2.05) is 29.7 Å². The summed E-state index contributed by atoms with van der Waals surface area (Å²) in [6.07, 6.45) is 1.61. The van der Waals surface area contributed by atoms with Crippen LogP contribution in [0, 0.1) is 6.92 Å². The summed E-state index contributed by atoms with van der Waals surface area (Å²) in [6.45, 7) is 7.36. The van der Waals surface area contributed by atoms with E-state index in [2.05, 4.69) is 17.2 Å². The van der Waals surface area contributed by atoms with Crippen molar-refractivity contribution in [3.05, 3.63) is 42.0 Å². The summed E-state index contributed by atoms with van der Waals surface area (Å²) in [5, 5.41) is 5.42. The van der Waals surface area contributed by atoms with Gasteiger partial charge in [-0.15, -0.1) is 6.58 Å². The molecule has 0 aliphatic carbocycles. The zero-order valence-electron chi connectivity index (χ0n) is 12.7. The van der Waals surface area contributed by atoms with Crippen LogP contribution in [0.4, 0.5) is 10.5 Å². The molecule has 1 aromatic rings. The van der Waals surface area contributed by atoms with Crippen LogP contribution < -0.4 is 10.6 Å².